The largest absolute Gasteiger partial charge is 0.270 e. The van der Waals surface area contributed by atoms with E-state index in [9.17, 15) is 9.18 Å². The van der Waals surface area contributed by atoms with Crippen LogP contribution in [0.4, 0.5) is 4.39 Å². The highest BCUT2D eigenvalue weighted by Crippen LogP contribution is 2.08. The van der Waals surface area contributed by atoms with Crippen molar-refractivity contribution in [3.63, 3.8) is 0 Å². The number of hydrogen-bond acceptors (Lipinski definition) is 2. The van der Waals surface area contributed by atoms with Crippen LogP contribution >= 0.6 is 15.9 Å². The van der Waals surface area contributed by atoms with Gasteiger partial charge in [0.2, 0.25) is 0 Å². The normalized spacial score (nSPS) is 19.6. The maximum absolute atomic E-state index is 13.1. The molecule has 1 unspecified atom stereocenters. The lowest BCUT2D eigenvalue weighted by Gasteiger charge is -2.06. The molecular weight excluding hydrogens is 251 g/mol. The minimum Gasteiger partial charge on any atom is -0.270 e. The SMILES string of the molecule is CC1N=c2ccc(F)c(Br)c2=NC1=O. The number of amides is 1. The average molecular weight is 257 g/mol. The van der Waals surface area contributed by atoms with Gasteiger partial charge >= 0.3 is 0 Å². The fourth-order valence-electron chi connectivity index (χ4n) is 1.21. The Balaban J connectivity index is 2.87. The van der Waals surface area contributed by atoms with Gasteiger partial charge in [0.1, 0.15) is 17.2 Å². The van der Waals surface area contributed by atoms with Crippen LogP contribution in [0.5, 0.6) is 0 Å². The average Bonchev–Trinajstić information content (AvgIpc) is 2.15. The standard InChI is InChI=1S/C9H6BrFN2O/c1-4-9(14)13-8-6(12-4)3-2-5(11)7(8)10/h2-4H,1H3. The molecule has 2 rings (SSSR count). The smallest absolute Gasteiger partial charge is 0.270 e. The van der Waals surface area contributed by atoms with Crippen LogP contribution in [-0.4, -0.2) is 11.9 Å². The Morgan fingerprint density at radius 2 is 2.21 bits per heavy atom. The molecule has 1 heterocycles. The third-order valence-electron chi connectivity index (χ3n) is 1.96. The van der Waals surface area contributed by atoms with E-state index in [0.29, 0.717) is 5.36 Å². The molecule has 0 bridgehead atoms. The van der Waals surface area contributed by atoms with Crippen LogP contribution in [0.25, 0.3) is 0 Å². The Morgan fingerprint density at radius 3 is 2.93 bits per heavy atom. The molecule has 0 aromatic heterocycles. The quantitative estimate of drug-likeness (QED) is 0.676. The second-order valence-electron chi connectivity index (χ2n) is 2.98. The molecule has 0 saturated carbocycles. The topological polar surface area (TPSA) is 41.8 Å². The molecule has 1 atom stereocenters. The number of halogens is 2. The summed E-state index contributed by atoms with van der Waals surface area (Å²) in [6, 6.07) is 2.34. The van der Waals surface area contributed by atoms with E-state index >= 15 is 0 Å². The van der Waals surface area contributed by atoms with Gasteiger partial charge in [-0.15, -0.1) is 0 Å². The summed E-state index contributed by atoms with van der Waals surface area (Å²) < 4.78 is 13.3. The van der Waals surface area contributed by atoms with Crippen LogP contribution < -0.4 is 10.7 Å². The van der Waals surface area contributed by atoms with Gasteiger partial charge in [-0.05, 0) is 35.0 Å². The van der Waals surface area contributed by atoms with Gasteiger partial charge in [-0.25, -0.2) is 9.38 Å². The highest BCUT2D eigenvalue weighted by atomic mass is 79.9. The first-order valence-corrected chi connectivity index (χ1v) is 4.83. The Labute approximate surface area is 87.5 Å². The van der Waals surface area contributed by atoms with Gasteiger partial charge in [0.05, 0.1) is 9.83 Å². The zero-order valence-electron chi connectivity index (χ0n) is 7.29. The van der Waals surface area contributed by atoms with Crippen molar-refractivity contribution in [3.8, 4) is 0 Å². The van der Waals surface area contributed by atoms with Crippen molar-refractivity contribution in [3.05, 3.63) is 33.1 Å². The van der Waals surface area contributed by atoms with Crippen molar-refractivity contribution < 1.29 is 9.18 Å². The number of benzene rings is 1. The van der Waals surface area contributed by atoms with Crippen molar-refractivity contribution in [2.75, 3.05) is 0 Å². The van der Waals surface area contributed by atoms with Crippen molar-refractivity contribution in [1.29, 1.82) is 0 Å². The van der Waals surface area contributed by atoms with E-state index in [1.54, 1.807) is 6.92 Å². The summed E-state index contributed by atoms with van der Waals surface area (Å²) in [4.78, 5) is 19.1. The zero-order chi connectivity index (χ0) is 10.3. The van der Waals surface area contributed by atoms with Crippen LogP contribution in [0.2, 0.25) is 0 Å². The van der Waals surface area contributed by atoms with Gasteiger partial charge in [-0.3, -0.25) is 9.79 Å². The Hall–Kier alpha value is -1.10. The maximum Gasteiger partial charge on any atom is 0.270 e. The van der Waals surface area contributed by atoms with Crippen molar-refractivity contribution in [1.82, 2.24) is 0 Å². The number of fused-ring (bicyclic) bond motifs is 1. The molecule has 5 heteroatoms. The Morgan fingerprint density at radius 1 is 1.50 bits per heavy atom. The molecular formula is C9H6BrFN2O. The minimum atomic E-state index is -0.472. The highest BCUT2D eigenvalue weighted by Gasteiger charge is 2.16. The number of carbonyl (C=O) groups excluding carboxylic acids is 1. The molecule has 1 aromatic rings. The fraction of sp³-hybridized carbons (Fsp3) is 0.222. The summed E-state index contributed by atoms with van der Waals surface area (Å²) in [5, 5.41) is 0.832. The first-order chi connectivity index (χ1) is 6.59. The van der Waals surface area contributed by atoms with Gasteiger partial charge in [-0.2, -0.15) is 0 Å². The van der Waals surface area contributed by atoms with Crippen molar-refractivity contribution in [2.45, 2.75) is 13.0 Å². The van der Waals surface area contributed by atoms with E-state index in [4.69, 9.17) is 0 Å². The van der Waals surface area contributed by atoms with Crippen molar-refractivity contribution >= 4 is 21.8 Å². The highest BCUT2D eigenvalue weighted by molar-refractivity contribution is 9.10. The number of carbonyl (C=O) groups is 1. The van der Waals surface area contributed by atoms with Gasteiger partial charge in [0.15, 0.2) is 0 Å². The fourth-order valence-corrected chi connectivity index (χ4v) is 1.63. The van der Waals surface area contributed by atoms with Crippen LogP contribution in [0.15, 0.2) is 26.6 Å². The molecule has 1 amide bonds. The van der Waals surface area contributed by atoms with E-state index in [1.165, 1.54) is 12.1 Å². The summed E-state index contributed by atoms with van der Waals surface area (Å²) in [6.45, 7) is 1.66. The van der Waals surface area contributed by atoms with Gasteiger partial charge in [0, 0.05) is 0 Å². The lowest BCUT2D eigenvalue weighted by molar-refractivity contribution is -0.119. The van der Waals surface area contributed by atoms with Gasteiger partial charge in [-0.1, -0.05) is 0 Å². The molecule has 14 heavy (non-hydrogen) atoms. The predicted molar refractivity (Wildman–Crippen MR) is 50.9 cm³/mol. The minimum absolute atomic E-state index is 0.194. The first-order valence-electron chi connectivity index (χ1n) is 4.04. The lowest BCUT2D eigenvalue weighted by Crippen LogP contribution is -2.36. The molecule has 1 aliphatic heterocycles. The van der Waals surface area contributed by atoms with Gasteiger partial charge in [0.25, 0.3) is 5.91 Å². The van der Waals surface area contributed by atoms with Crippen LogP contribution in [0.3, 0.4) is 0 Å². The third kappa shape index (κ3) is 1.37. The second-order valence-corrected chi connectivity index (χ2v) is 3.78. The van der Waals surface area contributed by atoms with E-state index < -0.39 is 11.9 Å². The molecule has 0 saturated heterocycles. The summed E-state index contributed by atoms with van der Waals surface area (Å²) in [5.41, 5.74) is 0. The lowest BCUT2D eigenvalue weighted by atomic mass is 10.2. The molecule has 3 nitrogen and oxygen atoms in total. The monoisotopic (exact) mass is 256 g/mol. The van der Waals surface area contributed by atoms with Crippen LogP contribution in [-0.2, 0) is 4.79 Å². The molecule has 0 aliphatic carbocycles. The molecule has 72 valence electrons. The predicted octanol–water partition coefficient (Wildman–Crippen LogP) is 0.756. The molecule has 1 aliphatic rings. The summed E-state index contributed by atoms with van der Waals surface area (Å²) in [7, 11) is 0. The molecule has 0 spiro atoms. The first kappa shape index (κ1) is 9.45. The number of rotatable bonds is 0. The molecule has 1 aromatic carbocycles. The zero-order valence-corrected chi connectivity index (χ0v) is 8.88. The number of hydrogen-bond donors (Lipinski definition) is 0. The van der Waals surface area contributed by atoms with Crippen LogP contribution in [0, 0.1) is 5.82 Å². The van der Waals surface area contributed by atoms with E-state index in [0.717, 1.165) is 0 Å². The van der Waals surface area contributed by atoms with E-state index in [1.807, 2.05) is 0 Å². The maximum atomic E-state index is 13.1. The molecule has 0 N–H and O–H groups in total. The van der Waals surface area contributed by atoms with Gasteiger partial charge < -0.3 is 0 Å². The summed E-state index contributed by atoms with van der Waals surface area (Å²) in [6.07, 6.45) is 0. The molecule has 0 radical (unpaired) electrons. The summed E-state index contributed by atoms with van der Waals surface area (Å²) >= 11 is 3.03. The van der Waals surface area contributed by atoms with Crippen LogP contribution in [0.1, 0.15) is 6.92 Å². The summed E-state index contributed by atoms with van der Waals surface area (Å²) in [5.74, 6) is -0.783. The second kappa shape index (κ2) is 3.24. The van der Waals surface area contributed by atoms with E-state index in [-0.39, 0.29) is 15.7 Å². The Kier molecular flexibility index (Phi) is 2.19. The Bertz CT molecular complexity index is 526. The van der Waals surface area contributed by atoms with E-state index in [2.05, 4.69) is 25.9 Å². The number of nitrogens with zero attached hydrogens (tertiary/aromatic N) is 2. The molecule has 0 fully saturated rings. The van der Waals surface area contributed by atoms with Crippen molar-refractivity contribution in [2.24, 2.45) is 9.98 Å². The third-order valence-corrected chi connectivity index (χ3v) is 2.71.